The first kappa shape index (κ1) is 52.7. The van der Waals surface area contributed by atoms with Gasteiger partial charge in [0.2, 0.25) is 11.7 Å². The molecule has 71 heavy (non-hydrogen) atoms. The highest BCUT2D eigenvalue weighted by atomic mass is 31.3. The van der Waals surface area contributed by atoms with Gasteiger partial charge >= 0.3 is 11.3 Å². The molecular formula is C30H36FN12O24P4-3. The van der Waals surface area contributed by atoms with Crippen molar-refractivity contribution in [1.29, 1.82) is 0 Å². The van der Waals surface area contributed by atoms with E-state index in [0.717, 1.165) is 34.1 Å². The van der Waals surface area contributed by atoms with Crippen molar-refractivity contribution >= 4 is 65.4 Å². The van der Waals surface area contributed by atoms with Gasteiger partial charge in [0, 0.05) is 12.3 Å². The molecule has 3 aliphatic heterocycles. The molecule has 0 bridgehead atoms. The Balaban J connectivity index is 0.917. The average Bonchev–Trinajstić information content (AvgIpc) is 4.05. The summed E-state index contributed by atoms with van der Waals surface area (Å²) in [5.41, 5.74) is 8.26. The summed E-state index contributed by atoms with van der Waals surface area (Å²) < 4.78 is 114. The zero-order valence-corrected chi connectivity index (χ0v) is 38.9. The van der Waals surface area contributed by atoms with Gasteiger partial charge in [0.15, 0.2) is 36.4 Å². The Hall–Kier alpha value is -4.65. The summed E-state index contributed by atoms with van der Waals surface area (Å²) in [6.07, 6.45) is -19.9. The highest BCUT2D eigenvalue weighted by molar-refractivity contribution is 7.65. The first-order chi connectivity index (χ1) is 33.1. The molecule has 3 saturated heterocycles. The number of ether oxygens (including phenoxy) is 3. The Morgan fingerprint density at radius 1 is 0.789 bits per heavy atom. The summed E-state index contributed by atoms with van der Waals surface area (Å²) >= 11 is 0. The fourth-order valence-electron chi connectivity index (χ4n) is 7.49. The fourth-order valence-corrected chi connectivity index (χ4v) is 11.8. The molecule has 0 aliphatic carbocycles. The van der Waals surface area contributed by atoms with E-state index in [0.29, 0.717) is 4.57 Å². The van der Waals surface area contributed by atoms with Crippen molar-refractivity contribution in [3.8, 4) is 0 Å². The van der Waals surface area contributed by atoms with Gasteiger partial charge in [-0.1, -0.05) is 4.98 Å². The molecule has 16 atom stereocenters. The van der Waals surface area contributed by atoms with Gasteiger partial charge in [-0.2, -0.15) is 0 Å². The topological polar surface area (TPSA) is 530 Å². The molecule has 5 aromatic heterocycles. The number of H-pyrrole nitrogens is 2. The highest BCUT2D eigenvalue weighted by Crippen LogP contribution is 2.63. The lowest BCUT2D eigenvalue weighted by Crippen LogP contribution is -2.46. The summed E-state index contributed by atoms with van der Waals surface area (Å²) in [7, 11) is -23.7. The maximum Gasteiger partial charge on any atom is 0.330 e. The number of hydrogen-bond donors (Lipinski definition) is 8. The number of imidazole rings is 2. The first-order valence-electron chi connectivity index (χ1n) is 19.8. The maximum atomic E-state index is 16.4. The third-order valence-corrected chi connectivity index (χ3v) is 15.7. The molecule has 36 nitrogen and oxygen atoms in total. The number of anilines is 2. The Morgan fingerprint density at radius 2 is 1.39 bits per heavy atom. The number of phosphoric ester groups is 3. The van der Waals surface area contributed by atoms with Crippen LogP contribution >= 0.6 is 31.3 Å². The zero-order valence-electron chi connectivity index (χ0n) is 35.3. The third-order valence-electron chi connectivity index (χ3n) is 10.6. The quantitative estimate of drug-likeness (QED) is 0.0298. The number of nitrogens with two attached hydrogens (primary N) is 2. The lowest BCUT2D eigenvalue weighted by Gasteiger charge is -2.35. The summed E-state index contributed by atoms with van der Waals surface area (Å²) in [4.78, 5) is 107. The van der Waals surface area contributed by atoms with E-state index in [1.165, 1.54) is 17.9 Å². The van der Waals surface area contributed by atoms with Crippen molar-refractivity contribution in [2.24, 2.45) is 7.05 Å². The zero-order chi connectivity index (χ0) is 51.7. The molecule has 7 unspecified atom stereocenters. The number of aromatic amines is 2. The SMILES string of the molecule is Cn1c[n+]([C@@H]2O[C@H](COP(=O)([O-])OP(=O)([O-])OP(=O)([O-])OC[C@H]3O[C@@H](n4cnc5c(N)ncnc54)[C@@H](F)C3OP(=O)([O-])OC[C@H]3O[C@@H](n4ccc(=O)[nH]c4=O)[C@@H](O)C3O)[C@H](O)C2O)c2nc(N)[nH]c(=O)c21. The van der Waals surface area contributed by atoms with Crippen LogP contribution in [0.2, 0.25) is 0 Å². The number of hydrogen-bond acceptors (Lipinski definition) is 30. The molecule has 41 heteroatoms. The molecule has 8 heterocycles. The number of fused-ring (bicyclic) bond motifs is 2. The minimum Gasteiger partial charge on any atom is -0.756 e. The number of nitrogen functional groups attached to an aromatic ring is 2. The van der Waals surface area contributed by atoms with Crippen LogP contribution in [-0.4, -0.2) is 139 Å². The van der Waals surface area contributed by atoms with Gasteiger partial charge in [0.1, 0.15) is 60.7 Å². The molecule has 3 fully saturated rings. The molecule has 0 saturated carbocycles. The standard InChI is InChI=1S/C30H39FN12O24P4/c1-40-9-43(24-16(40)25(49)39-29(33)38-24)28-20(48)18(46)11(63-28)5-60-69(53,54)66-71(57,58)67-70(55,56)61-6-12-21(14(31)26(64-12)42-8-36-15-22(32)34-7-35-23(15)42)65-68(51,52)59-4-10-17(45)19(47)27(62-10)41-3-2-13(44)37-30(41)50/h2-3,7-12,14,17-21,26-28,45-48H,4-6H2,1H3,(H9-,32,33,34,35,37,38,39,44,49,50,51,52,53,54,55,56,57,58)/p-3/t10-,11-,12-,14+,17?,18+,19+,20?,21?,26-,27-,28-/m1/s1. The van der Waals surface area contributed by atoms with Crippen molar-refractivity contribution in [2.45, 2.75) is 73.7 Å². The van der Waals surface area contributed by atoms with Gasteiger partial charge in [0.05, 0.1) is 33.2 Å². The number of aromatic nitrogens is 10. The monoisotopic (exact) mass is 1090 g/mol. The number of aryl methyl sites for hydroxylation is 1. The van der Waals surface area contributed by atoms with Gasteiger partial charge < -0.3 is 83.8 Å². The number of halogens is 1. The molecule has 0 aromatic carbocycles. The van der Waals surface area contributed by atoms with E-state index in [1.807, 2.05) is 4.98 Å². The largest absolute Gasteiger partial charge is 0.756 e. The van der Waals surface area contributed by atoms with E-state index in [1.54, 1.807) is 0 Å². The van der Waals surface area contributed by atoms with Crippen LogP contribution in [0.1, 0.15) is 18.7 Å². The lowest BCUT2D eigenvalue weighted by molar-refractivity contribution is -0.745. The van der Waals surface area contributed by atoms with Gasteiger partial charge in [-0.3, -0.25) is 51.5 Å². The number of phosphoric acid groups is 4. The molecule has 10 N–H and O–H groups in total. The Bertz CT molecular complexity index is 3210. The summed E-state index contributed by atoms with van der Waals surface area (Å²) in [5, 5.41) is 42.3. The normalized spacial score (nSPS) is 31.4. The van der Waals surface area contributed by atoms with Crippen LogP contribution in [-0.2, 0) is 66.2 Å². The first-order valence-corrected chi connectivity index (χ1v) is 25.6. The van der Waals surface area contributed by atoms with Crippen molar-refractivity contribution < 1.29 is 108 Å². The number of rotatable bonds is 18. The van der Waals surface area contributed by atoms with Crippen molar-refractivity contribution in [1.82, 2.24) is 43.6 Å². The Morgan fingerprint density at radius 3 is 2.06 bits per heavy atom. The van der Waals surface area contributed by atoms with E-state index < -0.39 is 142 Å². The minimum absolute atomic E-state index is 0.0618. The lowest BCUT2D eigenvalue weighted by atomic mass is 10.1. The van der Waals surface area contributed by atoms with Gasteiger partial charge in [-0.05, 0) is 0 Å². The van der Waals surface area contributed by atoms with Crippen LogP contribution in [0.15, 0.2) is 45.6 Å². The van der Waals surface area contributed by atoms with Gasteiger partial charge in [-0.15, -0.1) is 0 Å². The van der Waals surface area contributed by atoms with Gasteiger partial charge in [0.25, 0.3) is 48.4 Å². The summed E-state index contributed by atoms with van der Waals surface area (Å²) in [6, 6.07) is 0.874. The highest BCUT2D eigenvalue weighted by Gasteiger charge is 2.51. The summed E-state index contributed by atoms with van der Waals surface area (Å²) in [5.74, 6) is -0.553. The van der Waals surface area contributed by atoms with Crippen LogP contribution in [0.3, 0.4) is 0 Å². The average molecular weight is 1090 g/mol. The number of nitrogens with one attached hydrogen (secondary N) is 2. The summed E-state index contributed by atoms with van der Waals surface area (Å²) in [6.45, 7) is -4.05. The van der Waals surface area contributed by atoms with Crippen LogP contribution in [0.4, 0.5) is 16.2 Å². The number of aliphatic hydroxyl groups is 4. The van der Waals surface area contributed by atoms with Crippen LogP contribution < -0.4 is 52.4 Å². The second kappa shape index (κ2) is 19.7. The number of aliphatic hydroxyl groups excluding tert-OH is 4. The van der Waals surface area contributed by atoms with E-state index in [-0.39, 0.29) is 34.1 Å². The van der Waals surface area contributed by atoms with E-state index in [4.69, 9.17) is 34.7 Å². The van der Waals surface area contributed by atoms with Crippen molar-refractivity contribution in [3.05, 3.63) is 62.4 Å². The molecule has 0 amide bonds. The third kappa shape index (κ3) is 11.0. The smallest absolute Gasteiger partial charge is 0.330 e. The van der Waals surface area contributed by atoms with Crippen LogP contribution in [0, 0.1) is 0 Å². The number of nitrogens with zero attached hydrogens (tertiary/aromatic N) is 8. The van der Waals surface area contributed by atoms with E-state index in [2.05, 4.69) is 42.6 Å². The number of alkyl halides is 1. The van der Waals surface area contributed by atoms with Crippen molar-refractivity contribution in [2.75, 3.05) is 31.3 Å². The molecule has 390 valence electrons. The van der Waals surface area contributed by atoms with Crippen LogP contribution in [0.25, 0.3) is 22.3 Å². The minimum atomic E-state index is -6.63. The maximum absolute atomic E-state index is 16.4. The second-order valence-corrected chi connectivity index (χ2v) is 21.2. The molecule has 0 spiro atoms. The molecule has 3 aliphatic rings. The van der Waals surface area contributed by atoms with E-state index >= 15 is 4.39 Å². The molecule has 8 rings (SSSR count). The fraction of sp³-hybridized carbons (Fsp3) is 0.533. The second-order valence-electron chi connectivity index (χ2n) is 15.4. The molecule has 5 aromatic rings. The molecular weight excluding hydrogens is 1060 g/mol. The van der Waals surface area contributed by atoms with E-state index in [9.17, 15) is 72.6 Å². The van der Waals surface area contributed by atoms with Gasteiger partial charge in [-0.25, -0.2) is 37.3 Å². The molecule has 0 radical (unpaired) electrons. The Labute approximate surface area is 391 Å². The predicted octanol–water partition coefficient (Wildman–Crippen LogP) is -7.08. The predicted molar refractivity (Wildman–Crippen MR) is 213 cm³/mol. The Kier molecular flexibility index (Phi) is 14.6. The van der Waals surface area contributed by atoms with Crippen LogP contribution in [0.5, 0.6) is 0 Å². The van der Waals surface area contributed by atoms with Crippen molar-refractivity contribution in [3.63, 3.8) is 0 Å².